The molecule has 0 spiro atoms. The first-order valence-corrected chi connectivity index (χ1v) is 13.8. The van der Waals surface area contributed by atoms with Gasteiger partial charge in [0.25, 0.3) is 0 Å². The molecule has 0 unspecified atom stereocenters. The van der Waals surface area contributed by atoms with Crippen LogP contribution in [0.25, 0.3) is 0 Å². The SMILES string of the molecule is CCCCCCCCCCCCCCCCCC[NH+]1C=CC(=CC=C2C=CC(=O)C=C2)C=C1. The van der Waals surface area contributed by atoms with Crippen molar-refractivity contribution in [1.82, 2.24) is 0 Å². The largest absolute Gasteiger partial charge is 0.290 e. The van der Waals surface area contributed by atoms with Crippen molar-refractivity contribution in [2.24, 2.45) is 0 Å². The maximum Gasteiger partial charge on any atom is 0.178 e. The van der Waals surface area contributed by atoms with Crippen LogP contribution < -0.4 is 4.90 Å². The Kier molecular flexibility index (Phi) is 15.3. The van der Waals surface area contributed by atoms with Gasteiger partial charge in [0.2, 0.25) is 0 Å². The quantitative estimate of drug-likeness (QED) is 0.212. The van der Waals surface area contributed by atoms with Gasteiger partial charge in [0.05, 0.1) is 18.9 Å². The van der Waals surface area contributed by atoms with Crippen LogP contribution >= 0.6 is 0 Å². The second kappa shape index (κ2) is 18.5. The van der Waals surface area contributed by atoms with E-state index in [9.17, 15) is 4.79 Å². The Morgan fingerprint density at radius 1 is 0.545 bits per heavy atom. The minimum Gasteiger partial charge on any atom is -0.290 e. The highest BCUT2D eigenvalue weighted by atomic mass is 16.1. The lowest BCUT2D eigenvalue weighted by Crippen LogP contribution is -3.03. The van der Waals surface area contributed by atoms with Crippen LogP contribution in [-0.4, -0.2) is 12.3 Å². The molecular weight excluding hydrogens is 402 g/mol. The number of rotatable bonds is 18. The summed E-state index contributed by atoms with van der Waals surface area (Å²) < 4.78 is 0. The number of nitrogens with one attached hydrogen (secondary N) is 1. The Morgan fingerprint density at radius 2 is 0.939 bits per heavy atom. The lowest BCUT2D eigenvalue weighted by Gasteiger charge is -2.12. The smallest absolute Gasteiger partial charge is 0.178 e. The summed E-state index contributed by atoms with van der Waals surface area (Å²) in [4.78, 5) is 12.6. The molecule has 2 nitrogen and oxygen atoms in total. The third-order valence-corrected chi connectivity index (χ3v) is 6.65. The lowest BCUT2D eigenvalue weighted by atomic mass is 10.0. The highest BCUT2D eigenvalue weighted by Gasteiger charge is 2.05. The lowest BCUT2D eigenvalue weighted by molar-refractivity contribution is -0.791. The van der Waals surface area contributed by atoms with Crippen molar-refractivity contribution in [2.45, 2.75) is 110 Å². The second-order valence-corrected chi connectivity index (χ2v) is 9.70. The first kappa shape index (κ1) is 27.3. The molecule has 1 heterocycles. The van der Waals surface area contributed by atoms with Gasteiger partial charge in [0.1, 0.15) is 0 Å². The molecule has 1 aliphatic heterocycles. The van der Waals surface area contributed by atoms with E-state index in [2.05, 4.69) is 43.6 Å². The highest BCUT2D eigenvalue weighted by molar-refractivity contribution is 6.01. The van der Waals surface area contributed by atoms with Crippen LogP contribution in [0.5, 0.6) is 0 Å². The minimum atomic E-state index is 0.0607. The summed E-state index contributed by atoms with van der Waals surface area (Å²) in [5, 5.41) is 0. The maximum absolute atomic E-state index is 11.2. The number of carbonyl (C=O) groups is 1. The fourth-order valence-electron chi connectivity index (χ4n) is 4.44. The van der Waals surface area contributed by atoms with E-state index in [1.54, 1.807) is 12.2 Å². The van der Waals surface area contributed by atoms with Gasteiger partial charge in [0, 0.05) is 0 Å². The van der Waals surface area contributed by atoms with Gasteiger partial charge in [-0.15, -0.1) is 0 Å². The topological polar surface area (TPSA) is 21.5 Å². The molecule has 0 saturated heterocycles. The maximum atomic E-state index is 11.2. The second-order valence-electron chi connectivity index (χ2n) is 9.70. The highest BCUT2D eigenvalue weighted by Crippen LogP contribution is 2.14. The zero-order valence-electron chi connectivity index (χ0n) is 21.2. The number of allylic oxidation sites excluding steroid dienone is 10. The van der Waals surface area contributed by atoms with Gasteiger partial charge in [-0.25, -0.2) is 0 Å². The predicted molar refractivity (Wildman–Crippen MR) is 143 cm³/mol. The molecule has 0 saturated carbocycles. The van der Waals surface area contributed by atoms with Gasteiger partial charge in [-0.2, -0.15) is 0 Å². The molecule has 0 amide bonds. The molecule has 182 valence electrons. The van der Waals surface area contributed by atoms with Gasteiger partial charge in [-0.1, -0.05) is 121 Å². The summed E-state index contributed by atoms with van der Waals surface area (Å²) >= 11 is 0. The molecule has 0 aromatic rings. The van der Waals surface area contributed by atoms with E-state index < -0.39 is 0 Å². The number of unbranched alkanes of at least 4 members (excludes halogenated alkanes) is 15. The van der Waals surface area contributed by atoms with Crippen LogP contribution in [0, 0.1) is 0 Å². The number of hydrogen-bond acceptors (Lipinski definition) is 1. The zero-order valence-corrected chi connectivity index (χ0v) is 21.2. The molecule has 0 bridgehead atoms. The standard InChI is InChI=1S/C31H47NO/c1-2-3-4-5-6-7-8-9-10-11-12-13-14-15-16-17-26-32-27-24-30(25-28-32)19-18-29-20-22-31(33)23-21-29/h18-25,27-28H,2-17,26H2,1H3/p+1. The van der Waals surface area contributed by atoms with Gasteiger partial charge >= 0.3 is 0 Å². The van der Waals surface area contributed by atoms with Crippen LogP contribution in [0.15, 0.2) is 72.2 Å². The molecular formula is C31H48NO+. The summed E-state index contributed by atoms with van der Waals surface area (Å²) in [6, 6.07) is 0. The zero-order chi connectivity index (χ0) is 23.4. The molecule has 33 heavy (non-hydrogen) atoms. The third-order valence-electron chi connectivity index (χ3n) is 6.65. The number of hydrogen-bond donors (Lipinski definition) is 1. The molecule has 0 atom stereocenters. The molecule has 0 aromatic carbocycles. The molecule has 2 heteroatoms. The van der Waals surface area contributed by atoms with Crippen molar-refractivity contribution < 1.29 is 9.69 Å². The van der Waals surface area contributed by atoms with Crippen molar-refractivity contribution in [3.8, 4) is 0 Å². The van der Waals surface area contributed by atoms with Crippen LogP contribution in [0.4, 0.5) is 0 Å². The van der Waals surface area contributed by atoms with E-state index in [0.717, 1.165) is 5.57 Å². The number of quaternary nitrogens is 1. The van der Waals surface area contributed by atoms with E-state index in [4.69, 9.17) is 0 Å². The Morgan fingerprint density at radius 3 is 1.39 bits per heavy atom. The van der Waals surface area contributed by atoms with Crippen molar-refractivity contribution in [3.05, 3.63) is 72.2 Å². The normalized spacial score (nSPS) is 17.2. The van der Waals surface area contributed by atoms with E-state index in [1.807, 2.05) is 12.2 Å². The van der Waals surface area contributed by atoms with E-state index in [0.29, 0.717) is 0 Å². The van der Waals surface area contributed by atoms with Gasteiger partial charge in [-0.05, 0) is 48.3 Å². The summed E-state index contributed by atoms with van der Waals surface area (Å²) in [5.41, 5.74) is 2.27. The Hall–Kier alpha value is -1.93. The monoisotopic (exact) mass is 450 g/mol. The first-order valence-electron chi connectivity index (χ1n) is 13.8. The molecule has 1 N–H and O–H groups in total. The Balaban J connectivity index is 1.38. The average molecular weight is 451 g/mol. The van der Waals surface area contributed by atoms with E-state index in [-0.39, 0.29) is 5.78 Å². The fourth-order valence-corrected chi connectivity index (χ4v) is 4.44. The average Bonchev–Trinajstić information content (AvgIpc) is 2.84. The van der Waals surface area contributed by atoms with Crippen molar-refractivity contribution in [1.29, 1.82) is 0 Å². The molecule has 0 fully saturated rings. The summed E-state index contributed by atoms with van der Waals surface area (Å²) in [5.74, 6) is 0.0607. The number of ketones is 1. The van der Waals surface area contributed by atoms with Gasteiger partial charge in [0.15, 0.2) is 5.78 Å². The van der Waals surface area contributed by atoms with E-state index in [1.165, 1.54) is 120 Å². The van der Waals surface area contributed by atoms with Crippen LogP contribution in [0.1, 0.15) is 110 Å². The molecule has 0 aromatic heterocycles. The number of carbonyl (C=O) groups excluding carboxylic acids is 1. The van der Waals surface area contributed by atoms with Crippen LogP contribution in [0.3, 0.4) is 0 Å². The van der Waals surface area contributed by atoms with Crippen molar-refractivity contribution in [2.75, 3.05) is 6.54 Å². The van der Waals surface area contributed by atoms with Crippen molar-refractivity contribution >= 4 is 5.78 Å². The Labute approximate surface area is 203 Å². The van der Waals surface area contributed by atoms with E-state index >= 15 is 0 Å². The van der Waals surface area contributed by atoms with Gasteiger partial charge in [-0.3, -0.25) is 9.69 Å². The minimum absolute atomic E-state index is 0.0607. The molecule has 2 aliphatic rings. The van der Waals surface area contributed by atoms with Crippen LogP contribution in [-0.2, 0) is 4.79 Å². The van der Waals surface area contributed by atoms with Gasteiger partial charge < -0.3 is 0 Å². The first-order chi connectivity index (χ1) is 16.3. The summed E-state index contributed by atoms with van der Waals surface area (Å²) in [6.45, 7) is 3.48. The summed E-state index contributed by atoms with van der Waals surface area (Å²) in [7, 11) is 0. The summed E-state index contributed by atoms with van der Waals surface area (Å²) in [6.07, 6.45) is 42.8. The molecule has 0 radical (unpaired) electrons. The molecule has 1 aliphatic carbocycles. The third kappa shape index (κ3) is 14.0. The fraction of sp³-hybridized carbons (Fsp3) is 0.581. The molecule has 2 rings (SSSR count). The Bertz CT molecular complexity index is 685. The predicted octanol–water partition coefficient (Wildman–Crippen LogP) is 7.72. The van der Waals surface area contributed by atoms with Crippen LogP contribution in [0.2, 0.25) is 0 Å². The van der Waals surface area contributed by atoms with Crippen molar-refractivity contribution in [3.63, 3.8) is 0 Å².